The Bertz CT molecular complexity index is 681. The first-order valence-electron chi connectivity index (χ1n) is 6.79. The highest BCUT2D eigenvalue weighted by Gasteiger charge is 2.34. The maximum absolute atomic E-state index is 13.6. The average molecular weight is 352 g/mol. The van der Waals surface area contributed by atoms with E-state index in [0.717, 1.165) is 18.7 Å². The van der Waals surface area contributed by atoms with Crippen molar-refractivity contribution in [1.29, 1.82) is 0 Å². The standard InChI is InChI=1S/C15H15BrFN3O/c1-19-8-7-18-13(19)9-20(10-5-6-10)15(21)11-3-2-4-12(17)14(11)16/h2-4,7-8,10H,5-6,9H2,1H3. The Kier molecular flexibility index (Phi) is 3.80. The van der Waals surface area contributed by atoms with Crippen molar-refractivity contribution in [3.8, 4) is 0 Å². The lowest BCUT2D eigenvalue weighted by atomic mass is 10.2. The van der Waals surface area contributed by atoms with Gasteiger partial charge < -0.3 is 9.47 Å². The zero-order valence-electron chi connectivity index (χ0n) is 11.6. The molecule has 1 aliphatic carbocycles. The molecule has 6 heteroatoms. The van der Waals surface area contributed by atoms with Crippen LogP contribution >= 0.6 is 15.9 Å². The minimum atomic E-state index is -0.423. The van der Waals surface area contributed by atoms with E-state index in [0.29, 0.717) is 12.1 Å². The third-order valence-corrected chi connectivity index (χ3v) is 4.47. The molecule has 4 nitrogen and oxygen atoms in total. The number of aromatic nitrogens is 2. The minimum Gasteiger partial charge on any atom is -0.337 e. The summed E-state index contributed by atoms with van der Waals surface area (Å²) in [7, 11) is 1.90. The van der Waals surface area contributed by atoms with Crippen molar-refractivity contribution in [2.75, 3.05) is 0 Å². The molecule has 3 rings (SSSR count). The fourth-order valence-corrected chi connectivity index (χ4v) is 2.71. The van der Waals surface area contributed by atoms with Gasteiger partial charge in [-0.2, -0.15) is 0 Å². The van der Waals surface area contributed by atoms with Crippen LogP contribution in [0, 0.1) is 5.82 Å². The molecule has 0 bridgehead atoms. The second kappa shape index (κ2) is 5.60. The van der Waals surface area contributed by atoms with E-state index in [1.54, 1.807) is 23.2 Å². The predicted octanol–water partition coefficient (Wildman–Crippen LogP) is 3.13. The summed E-state index contributed by atoms with van der Waals surface area (Å²) >= 11 is 3.17. The Morgan fingerprint density at radius 3 is 2.90 bits per heavy atom. The van der Waals surface area contributed by atoms with Crippen LogP contribution in [-0.2, 0) is 13.6 Å². The Labute approximate surface area is 130 Å². The van der Waals surface area contributed by atoms with Crippen molar-refractivity contribution in [1.82, 2.24) is 14.5 Å². The van der Waals surface area contributed by atoms with Gasteiger partial charge in [0.2, 0.25) is 0 Å². The molecule has 0 aliphatic heterocycles. The number of carbonyl (C=O) groups excluding carboxylic acids is 1. The smallest absolute Gasteiger partial charge is 0.255 e. The monoisotopic (exact) mass is 351 g/mol. The van der Waals surface area contributed by atoms with E-state index in [1.807, 2.05) is 17.8 Å². The topological polar surface area (TPSA) is 38.1 Å². The zero-order valence-corrected chi connectivity index (χ0v) is 13.2. The highest BCUT2D eigenvalue weighted by Crippen LogP contribution is 2.31. The maximum Gasteiger partial charge on any atom is 0.255 e. The second-order valence-electron chi connectivity index (χ2n) is 5.22. The lowest BCUT2D eigenvalue weighted by molar-refractivity contribution is 0.0722. The average Bonchev–Trinajstić information content (AvgIpc) is 3.22. The van der Waals surface area contributed by atoms with Gasteiger partial charge in [-0.3, -0.25) is 4.79 Å². The summed E-state index contributed by atoms with van der Waals surface area (Å²) < 4.78 is 15.7. The van der Waals surface area contributed by atoms with Crippen LogP contribution in [0.3, 0.4) is 0 Å². The van der Waals surface area contributed by atoms with Crippen molar-refractivity contribution < 1.29 is 9.18 Å². The molecular formula is C15H15BrFN3O. The molecule has 0 N–H and O–H groups in total. The fourth-order valence-electron chi connectivity index (χ4n) is 2.28. The highest BCUT2D eigenvalue weighted by molar-refractivity contribution is 9.10. The largest absolute Gasteiger partial charge is 0.337 e. The van der Waals surface area contributed by atoms with E-state index in [4.69, 9.17) is 0 Å². The van der Waals surface area contributed by atoms with Crippen molar-refractivity contribution in [2.24, 2.45) is 7.05 Å². The first-order valence-corrected chi connectivity index (χ1v) is 7.58. The van der Waals surface area contributed by atoms with Gasteiger partial charge in [0.05, 0.1) is 16.6 Å². The van der Waals surface area contributed by atoms with Gasteiger partial charge >= 0.3 is 0 Å². The van der Waals surface area contributed by atoms with Crippen LogP contribution in [0.25, 0.3) is 0 Å². The Balaban J connectivity index is 1.89. The van der Waals surface area contributed by atoms with Gasteiger partial charge in [0, 0.05) is 25.5 Å². The molecule has 1 amide bonds. The molecule has 21 heavy (non-hydrogen) atoms. The van der Waals surface area contributed by atoms with E-state index in [2.05, 4.69) is 20.9 Å². The molecule has 2 aromatic rings. The minimum absolute atomic E-state index is 0.160. The molecule has 0 radical (unpaired) electrons. The Morgan fingerprint density at radius 1 is 1.52 bits per heavy atom. The van der Waals surface area contributed by atoms with Crippen LogP contribution in [0.2, 0.25) is 0 Å². The summed E-state index contributed by atoms with van der Waals surface area (Å²) in [6.45, 7) is 0.440. The van der Waals surface area contributed by atoms with Crippen molar-refractivity contribution in [2.45, 2.75) is 25.4 Å². The van der Waals surface area contributed by atoms with Crippen LogP contribution in [0.15, 0.2) is 35.1 Å². The van der Waals surface area contributed by atoms with E-state index < -0.39 is 5.82 Å². The van der Waals surface area contributed by atoms with Gasteiger partial charge in [-0.05, 0) is 40.9 Å². The van der Waals surface area contributed by atoms with E-state index in [-0.39, 0.29) is 16.4 Å². The summed E-state index contributed by atoms with van der Waals surface area (Å²) in [5.74, 6) is 0.239. The number of hydrogen-bond donors (Lipinski definition) is 0. The quantitative estimate of drug-likeness (QED) is 0.848. The summed E-state index contributed by atoms with van der Waals surface area (Å²) in [5.41, 5.74) is 0.358. The summed E-state index contributed by atoms with van der Waals surface area (Å²) in [6.07, 6.45) is 5.54. The van der Waals surface area contributed by atoms with Crippen LogP contribution in [0.5, 0.6) is 0 Å². The first kappa shape index (κ1) is 14.3. The van der Waals surface area contributed by atoms with Gasteiger partial charge in [0.25, 0.3) is 5.91 Å². The zero-order chi connectivity index (χ0) is 15.0. The van der Waals surface area contributed by atoms with Gasteiger partial charge in [0.1, 0.15) is 11.6 Å². The van der Waals surface area contributed by atoms with Crippen LogP contribution in [-0.4, -0.2) is 26.4 Å². The number of amides is 1. The number of nitrogens with zero attached hydrogens (tertiary/aromatic N) is 3. The molecule has 0 unspecified atom stereocenters. The molecule has 0 saturated heterocycles. The Hall–Kier alpha value is -1.69. The number of benzene rings is 1. The van der Waals surface area contributed by atoms with Gasteiger partial charge in [0.15, 0.2) is 0 Å². The summed E-state index contributed by atoms with van der Waals surface area (Å²) in [5, 5.41) is 0. The predicted molar refractivity (Wildman–Crippen MR) is 80.2 cm³/mol. The lowest BCUT2D eigenvalue weighted by Crippen LogP contribution is -2.33. The summed E-state index contributed by atoms with van der Waals surface area (Å²) in [4.78, 5) is 18.8. The van der Waals surface area contributed by atoms with Crippen molar-refractivity contribution in [3.05, 3.63) is 52.3 Å². The number of halogens is 2. The molecule has 1 saturated carbocycles. The number of aryl methyl sites for hydroxylation is 1. The SMILES string of the molecule is Cn1ccnc1CN(C(=O)c1cccc(F)c1Br)C1CC1. The van der Waals surface area contributed by atoms with Gasteiger partial charge in [-0.15, -0.1) is 0 Å². The van der Waals surface area contributed by atoms with Crippen LogP contribution < -0.4 is 0 Å². The third-order valence-electron chi connectivity index (χ3n) is 3.66. The second-order valence-corrected chi connectivity index (χ2v) is 6.01. The van der Waals surface area contributed by atoms with E-state index in [1.165, 1.54) is 6.07 Å². The molecule has 1 aromatic carbocycles. The number of carbonyl (C=O) groups is 1. The first-order chi connectivity index (χ1) is 10.1. The van der Waals surface area contributed by atoms with Crippen LogP contribution in [0.1, 0.15) is 29.0 Å². The molecule has 110 valence electrons. The van der Waals surface area contributed by atoms with Gasteiger partial charge in [-0.1, -0.05) is 6.07 Å². The molecule has 1 aromatic heterocycles. The molecule has 1 heterocycles. The van der Waals surface area contributed by atoms with Crippen molar-refractivity contribution in [3.63, 3.8) is 0 Å². The molecule has 1 aliphatic rings. The number of imidazole rings is 1. The molecule has 0 atom stereocenters. The Morgan fingerprint density at radius 2 is 2.29 bits per heavy atom. The number of hydrogen-bond acceptors (Lipinski definition) is 2. The maximum atomic E-state index is 13.6. The molecular weight excluding hydrogens is 337 g/mol. The number of rotatable bonds is 4. The molecule has 1 fully saturated rings. The lowest BCUT2D eigenvalue weighted by Gasteiger charge is -2.22. The van der Waals surface area contributed by atoms with E-state index >= 15 is 0 Å². The van der Waals surface area contributed by atoms with Crippen molar-refractivity contribution >= 4 is 21.8 Å². The fraction of sp³-hybridized carbons (Fsp3) is 0.333. The third kappa shape index (κ3) is 2.85. The van der Waals surface area contributed by atoms with E-state index in [9.17, 15) is 9.18 Å². The normalized spacial score (nSPS) is 14.2. The summed E-state index contributed by atoms with van der Waals surface area (Å²) in [6, 6.07) is 4.76. The van der Waals surface area contributed by atoms with Gasteiger partial charge in [-0.25, -0.2) is 9.37 Å². The van der Waals surface area contributed by atoms with Crippen LogP contribution in [0.4, 0.5) is 4.39 Å². The highest BCUT2D eigenvalue weighted by atomic mass is 79.9. The molecule has 0 spiro atoms.